The van der Waals surface area contributed by atoms with Crippen LogP contribution < -0.4 is 15.1 Å². The first-order valence-electron chi connectivity index (χ1n) is 13.2. The standard InChI is InChI=1S/C30H32FN5O2/c1-20-6-8-23(31)27-28(20)34-29(24-5-3-4-10-32-24)21(2)30(27)33-25-19-22(35-11-15-37-16-12-35)7-9-26(25)36-13-17-38-18-14-36/h3-10,19H,11-18H2,1-2H3,(H,33,34). The highest BCUT2D eigenvalue weighted by Crippen LogP contribution is 2.40. The fraction of sp³-hybridized carbons (Fsp3) is 0.333. The third-order valence-electron chi connectivity index (χ3n) is 7.41. The van der Waals surface area contributed by atoms with E-state index in [4.69, 9.17) is 14.5 Å². The number of aromatic nitrogens is 2. The van der Waals surface area contributed by atoms with E-state index >= 15 is 4.39 Å². The summed E-state index contributed by atoms with van der Waals surface area (Å²) in [6.07, 6.45) is 1.76. The van der Waals surface area contributed by atoms with Crippen LogP contribution in [0.25, 0.3) is 22.3 Å². The van der Waals surface area contributed by atoms with Crippen LogP contribution in [0.1, 0.15) is 11.1 Å². The van der Waals surface area contributed by atoms with E-state index in [1.54, 1.807) is 12.3 Å². The van der Waals surface area contributed by atoms with E-state index in [9.17, 15) is 0 Å². The number of rotatable bonds is 5. The zero-order valence-electron chi connectivity index (χ0n) is 21.8. The largest absolute Gasteiger partial charge is 0.378 e. The SMILES string of the molecule is Cc1c(-c2ccccn2)nc2c(C)ccc(F)c2c1Nc1cc(N2CCOCC2)ccc1N1CCOCC1. The Bertz CT molecular complexity index is 1450. The maximum absolute atomic E-state index is 15.5. The van der Waals surface area contributed by atoms with Gasteiger partial charge in [0.15, 0.2) is 0 Å². The smallest absolute Gasteiger partial charge is 0.134 e. The van der Waals surface area contributed by atoms with Gasteiger partial charge in [0, 0.05) is 43.6 Å². The Morgan fingerprint density at radius 3 is 2.32 bits per heavy atom. The Morgan fingerprint density at radius 1 is 0.868 bits per heavy atom. The van der Waals surface area contributed by atoms with Crippen molar-refractivity contribution in [3.63, 3.8) is 0 Å². The van der Waals surface area contributed by atoms with Gasteiger partial charge in [-0.25, -0.2) is 9.37 Å². The molecule has 2 aromatic heterocycles. The third-order valence-corrected chi connectivity index (χ3v) is 7.41. The molecule has 0 unspecified atom stereocenters. The van der Waals surface area contributed by atoms with E-state index in [-0.39, 0.29) is 5.82 Å². The molecule has 2 fully saturated rings. The molecule has 0 saturated carbocycles. The first-order chi connectivity index (χ1) is 18.6. The molecule has 4 heterocycles. The summed E-state index contributed by atoms with van der Waals surface area (Å²) < 4.78 is 26.7. The topological polar surface area (TPSA) is 62.8 Å². The maximum Gasteiger partial charge on any atom is 0.134 e. The highest BCUT2D eigenvalue weighted by atomic mass is 19.1. The van der Waals surface area contributed by atoms with E-state index in [1.165, 1.54) is 6.07 Å². The molecular weight excluding hydrogens is 481 g/mol. The third kappa shape index (κ3) is 4.66. The van der Waals surface area contributed by atoms with Gasteiger partial charge in [-0.3, -0.25) is 4.98 Å². The molecule has 7 nitrogen and oxygen atoms in total. The zero-order chi connectivity index (χ0) is 26.1. The molecule has 6 rings (SSSR count). The number of hydrogen-bond donors (Lipinski definition) is 1. The van der Waals surface area contributed by atoms with Gasteiger partial charge >= 0.3 is 0 Å². The second-order valence-electron chi connectivity index (χ2n) is 9.79. The number of morpholine rings is 2. The monoisotopic (exact) mass is 513 g/mol. The van der Waals surface area contributed by atoms with Gasteiger partial charge in [-0.2, -0.15) is 0 Å². The van der Waals surface area contributed by atoms with Crippen LogP contribution in [0.3, 0.4) is 0 Å². The number of hydrogen-bond acceptors (Lipinski definition) is 7. The molecule has 4 aromatic rings. The normalized spacial score (nSPS) is 16.2. The molecule has 8 heteroatoms. The van der Waals surface area contributed by atoms with Gasteiger partial charge in [-0.05, 0) is 55.8 Å². The van der Waals surface area contributed by atoms with E-state index in [0.717, 1.165) is 65.8 Å². The van der Waals surface area contributed by atoms with Gasteiger partial charge in [-0.15, -0.1) is 0 Å². The summed E-state index contributed by atoms with van der Waals surface area (Å²) in [4.78, 5) is 14.1. The number of aryl methyl sites for hydroxylation is 1. The lowest BCUT2D eigenvalue weighted by atomic mass is 10.0. The van der Waals surface area contributed by atoms with Crippen LogP contribution in [0.4, 0.5) is 27.1 Å². The molecule has 0 spiro atoms. The van der Waals surface area contributed by atoms with Crippen LogP contribution in [-0.2, 0) is 9.47 Å². The van der Waals surface area contributed by atoms with Crippen molar-refractivity contribution in [2.45, 2.75) is 13.8 Å². The number of benzene rings is 2. The van der Waals surface area contributed by atoms with Crippen molar-refractivity contribution < 1.29 is 13.9 Å². The summed E-state index contributed by atoms with van der Waals surface area (Å²) in [7, 11) is 0. The molecule has 1 N–H and O–H groups in total. The quantitative estimate of drug-likeness (QED) is 0.380. The van der Waals surface area contributed by atoms with Crippen molar-refractivity contribution in [2.24, 2.45) is 0 Å². The van der Waals surface area contributed by atoms with E-state index < -0.39 is 0 Å². The average Bonchev–Trinajstić information content (AvgIpc) is 2.97. The van der Waals surface area contributed by atoms with Crippen LogP contribution in [0.5, 0.6) is 0 Å². The van der Waals surface area contributed by atoms with Gasteiger partial charge in [0.05, 0.1) is 65.8 Å². The Kier molecular flexibility index (Phi) is 6.82. The summed E-state index contributed by atoms with van der Waals surface area (Å²) in [5.41, 5.74) is 7.73. The van der Waals surface area contributed by atoms with Gasteiger partial charge in [-0.1, -0.05) is 12.1 Å². The number of pyridine rings is 2. The molecule has 2 saturated heterocycles. The molecule has 0 atom stereocenters. The van der Waals surface area contributed by atoms with Crippen molar-refractivity contribution in [2.75, 3.05) is 67.7 Å². The predicted molar refractivity (Wildman–Crippen MR) is 150 cm³/mol. The van der Waals surface area contributed by atoms with Crippen LogP contribution in [-0.4, -0.2) is 62.6 Å². The number of halogens is 1. The van der Waals surface area contributed by atoms with Crippen molar-refractivity contribution >= 4 is 33.7 Å². The highest BCUT2D eigenvalue weighted by Gasteiger charge is 2.22. The van der Waals surface area contributed by atoms with Crippen molar-refractivity contribution in [3.8, 4) is 11.4 Å². The van der Waals surface area contributed by atoms with Gasteiger partial charge < -0.3 is 24.6 Å². The molecule has 0 amide bonds. The summed E-state index contributed by atoms with van der Waals surface area (Å²) in [6.45, 7) is 10.0. The van der Waals surface area contributed by atoms with Gasteiger partial charge in [0.1, 0.15) is 5.82 Å². The number of nitrogens with zero attached hydrogens (tertiary/aromatic N) is 4. The average molecular weight is 514 g/mol. The van der Waals surface area contributed by atoms with E-state index in [2.05, 4.69) is 38.3 Å². The first-order valence-corrected chi connectivity index (χ1v) is 13.2. The Morgan fingerprint density at radius 2 is 1.61 bits per heavy atom. The minimum absolute atomic E-state index is 0.298. The molecule has 0 radical (unpaired) electrons. The summed E-state index contributed by atoms with van der Waals surface area (Å²) in [5, 5.41) is 4.18. The van der Waals surface area contributed by atoms with Crippen molar-refractivity contribution in [1.82, 2.24) is 9.97 Å². The van der Waals surface area contributed by atoms with Crippen molar-refractivity contribution in [1.29, 1.82) is 0 Å². The fourth-order valence-electron chi connectivity index (χ4n) is 5.32. The number of ether oxygens (including phenoxy) is 2. The van der Waals surface area contributed by atoms with Gasteiger partial charge in [0.2, 0.25) is 0 Å². The van der Waals surface area contributed by atoms with Crippen LogP contribution in [0.15, 0.2) is 54.7 Å². The second kappa shape index (κ2) is 10.6. The maximum atomic E-state index is 15.5. The molecule has 0 aliphatic carbocycles. The van der Waals surface area contributed by atoms with E-state index in [1.807, 2.05) is 32.0 Å². The highest BCUT2D eigenvalue weighted by molar-refractivity contribution is 6.00. The molecule has 38 heavy (non-hydrogen) atoms. The molecule has 0 bridgehead atoms. The number of anilines is 4. The van der Waals surface area contributed by atoms with Crippen LogP contribution >= 0.6 is 0 Å². The zero-order valence-corrected chi connectivity index (χ0v) is 21.8. The molecule has 196 valence electrons. The summed E-state index contributed by atoms with van der Waals surface area (Å²) >= 11 is 0. The lowest BCUT2D eigenvalue weighted by molar-refractivity contribution is 0.122. The van der Waals surface area contributed by atoms with Crippen LogP contribution in [0.2, 0.25) is 0 Å². The minimum Gasteiger partial charge on any atom is -0.378 e. The number of nitrogens with one attached hydrogen (secondary N) is 1. The molecule has 2 aliphatic rings. The predicted octanol–water partition coefficient (Wildman–Crippen LogP) is 5.47. The number of fused-ring (bicyclic) bond motifs is 1. The fourth-order valence-corrected chi connectivity index (χ4v) is 5.32. The lowest BCUT2D eigenvalue weighted by Crippen LogP contribution is -2.37. The molecule has 2 aromatic carbocycles. The molecular formula is C30H32FN5O2. The summed E-state index contributed by atoms with van der Waals surface area (Å²) in [6, 6.07) is 15.6. The molecule has 2 aliphatic heterocycles. The minimum atomic E-state index is -0.298. The first kappa shape index (κ1) is 24.6. The van der Waals surface area contributed by atoms with Crippen molar-refractivity contribution in [3.05, 3.63) is 71.7 Å². The second-order valence-corrected chi connectivity index (χ2v) is 9.79. The Hall–Kier alpha value is -3.75. The van der Waals surface area contributed by atoms with Crippen LogP contribution in [0, 0.1) is 19.7 Å². The van der Waals surface area contributed by atoms with Gasteiger partial charge in [0.25, 0.3) is 0 Å². The summed E-state index contributed by atoms with van der Waals surface area (Å²) in [5.74, 6) is -0.298. The Labute approximate surface area is 222 Å². The Balaban J connectivity index is 1.53. The van der Waals surface area contributed by atoms with E-state index in [0.29, 0.717) is 43.0 Å². The lowest BCUT2D eigenvalue weighted by Gasteiger charge is -2.33.